The van der Waals surface area contributed by atoms with E-state index in [2.05, 4.69) is 10.1 Å². The number of aliphatic hydroxyl groups is 1. The number of hydrogen-bond donors (Lipinski definition) is 2. The molecule has 0 saturated carbocycles. The fourth-order valence-electron chi connectivity index (χ4n) is 5.91. The van der Waals surface area contributed by atoms with Crippen LogP contribution in [0.2, 0.25) is 0 Å². The van der Waals surface area contributed by atoms with Crippen molar-refractivity contribution >= 4 is 37.5 Å². The Balaban J connectivity index is 1.12. The van der Waals surface area contributed by atoms with Crippen LogP contribution in [0.5, 0.6) is 11.5 Å². The first-order valence-corrected chi connectivity index (χ1v) is 17.8. The highest BCUT2D eigenvalue weighted by atomic mass is 32.2. The topological polar surface area (TPSA) is 93.0 Å². The van der Waals surface area contributed by atoms with Gasteiger partial charge in [0.1, 0.15) is 18.1 Å². The molecule has 1 heterocycles. The zero-order valence-corrected chi connectivity index (χ0v) is 28.0. The first kappa shape index (κ1) is 34.8. The highest BCUT2D eigenvalue weighted by Gasteiger charge is 2.31. The fourth-order valence-corrected chi connectivity index (χ4v) is 6.79. The van der Waals surface area contributed by atoms with Gasteiger partial charge in [-0.1, -0.05) is 72.8 Å². The van der Waals surface area contributed by atoms with Crippen molar-refractivity contribution in [1.82, 2.24) is 9.88 Å². The minimum absolute atomic E-state index is 0.168. The molecule has 0 aliphatic carbocycles. The Labute approximate surface area is 288 Å². The summed E-state index contributed by atoms with van der Waals surface area (Å²) in [6.45, 7) is 1.48. The lowest BCUT2D eigenvalue weighted by Gasteiger charge is -2.24. The minimum Gasteiger partial charge on any atom is -0.492 e. The molecule has 6 aromatic rings. The van der Waals surface area contributed by atoms with Gasteiger partial charge in [-0.25, -0.2) is 8.42 Å². The van der Waals surface area contributed by atoms with Crippen LogP contribution in [-0.2, 0) is 23.1 Å². The largest absolute Gasteiger partial charge is 0.573 e. The number of rotatable bonds is 14. The van der Waals surface area contributed by atoms with Gasteiger partial charge in [0.25, 0.3) is 0 Å². The van der Waals surface area contributed by atoms with Crippen molar-refractivity contribution in [2.45, 2.75) is 25.6 Å². The second-order valence-electron chi connectivity index (χ2n) is 11.9. The summed E-state index contributed by atoms with van der Waals surface area (Å²) in [5, 5.41) is 15.7. The summed E-state index contributed by atoms with van der Waals surface area (Å²) in [6.07, 6.45) is -4.55. The monoisotopic (exact) mass is 703 g/mol. The predicted molar refractivity (Wildman–Crippen MR) is 189 cm³/mol. The Morgan fingerprint density at radius 2 is 1.42 bits per heavy atom. The Morgan fingerprint density at radius 1 is 0.800 bits per heavy atom. The lowest BCUT2D eigenvalue weighted by atomic mass is 10.1. The van der Waals surface area contributed by atoms with Gasteiger partial charge in [-0.3, -0.25) is 4.31 Å². The van der Waals surface area contributed by atoms with E-state index in [9.17, 15) is 26.7 Å². The zero-order valence-electron chi connectivity index (χ0n) is 27.2. The zero-order chi connectivity index (χ0) is 35.3. The number of aromatic nitrogens is 1. The third-order valence-electron chi connectivity index (χ3n) is 8.22. The molecule has 260 valence electrons. The van der Waals surface area contributed by atoms with Crippen molar-refractivity contribution in [3.05, 3.63) is 138 Å². The quantitative estimate of drug-likeness (QED) is 0.115. The molecule has 8 nitrogen and oxygen atoms in total. The van der Waals surface area contributed by atoms with Gasteiger partial charge in [-0.05, 0) is 53.1 Å². The number of hydrogen-bond acceptors (Lipinski definition) is 6. The van der Waals surface area contributed by atoms with Gasteiger partial charge in [0.15, 0.2) is 0 Å². The van der Waals surface area contributed by atoms with E-state index >= 15 is 0 Å². The van der Waals surface area contributed by atoms with Crippen LogP contribution in [0, 0.1) is 0 Å². The van der Waals surface area contributed by atoms with E-state index in [1.165, 1.54) is 16.4 Å². The van der Waals surface area contributed by atoms with E-state index in [0.29, 0.717) is 35.6 Å². The average molecular weight is 704 g/mol. The van der Waals surface area contributed by atoms with Crippen molar-refractivity contribution in [3.8, 4) is 11.5 Å². The van der Waals surface area contributed by atoms with Crippen molar-refractivity contribution in [2.75, 3.05) is 30.3 Å². The van der Waals surface area contributed by atoms with Crippen LogP contribution in [0.15, 0.2) is 121 Å². The number of halogens is 3. The summed E-state index contributed by atoms with van der Waals surface area (Å²) in [6, 6.07) is 35.7. The molecule has 0 amide bonds. The smallest absolute Gasteiger partial charge is 0.492 e. The van der Waals surface area contributed by atoms with Gasteiger partial charge in [-0.15, -0.1) is 13.2 Å². The number of alkyl halides is 3. The highest BCUT2D eigenvalue weighted by Crippen LogP contribution is 2.35. The summed E-state index contributed by atoms with van der Waals surface area (Å²) in [5.74, 6) is 0.286. The lowest BCUT2D eigenvalue weighted by Crippen LogP contribution is -2.29. The molecule has 0 radical (unpaired) electrons. The Kier molecular flexibility index (Phi) is 10.3. The number of nitrogens with zero attached hydrogens (tertiary/aromatic N) is 2. The maximum absolute atomic E-state index is 13.0. The molecule has 0 fully saturated rings. The van der Waals surface area contributed by atoms with E-state index in [1.54, 1.807) is 30.3 Å². The van der Waals surface area contributed by atoms with Gasteiger partial charge in [0.2, 0.25) is 10.0 Å². The van der Waals surface area contributed by atoms with Crippen LogP contribution in [0.1, 0.15) is 22.8 Å². The summed E-state index contributed by atoms with van der Waals surface area (Å²) in [4.78, 5) is 0. The standard InChI is InChI=1S/C38H36F3N3O5S/c1-50(46,47)44(26-28-11-6-3-7-12-28)30-14-8-13-29(21-30)37(45)24-42-19-20-48-31-15-17-33-34-18-16-32(49-38(39,40)41)23-36(34)43(35(33)22-31)25-27-9-4-2-5-10-27/h2-18,21-23,37,42,45H,19-20,24-26H2,1H3/t37-/m0/s1. The lowest BCUT2D eigenvalue weighted by molar-refractivity contribution is -0.274. The highest BCUT2D eigenvalue weighted by molar-refractivity contribution is 7.92. The summed E-state index contributed by atoms with van der Waals surface area (Å²) in [5.41, 5.74) is 4.24. The van der Waals surface area contributed by atoms with Crippen molar-refractivity contribution in [2.24, 2.45) is 0 Å². The molecule has 5 aromatic carbocycles. The summed E-state index contributed by atoms with van der Waals surface area (Å²) in [7, 11) is -3.59. The molecule has 0 unspecified atom stereocenters. The second kappa shape index (κ2) is 14.8. The van der Waals surface area contributed by atoms with Gasteiger partial charge >= 0.3 is 6.36 Å². The van der Waals surface area contributed by atoms with Crippen molar-refractivity contribution in [3.63, 3.8) is 0 Å². The van der Waals surface area contributed by atoms with Crippen LogP contribution in [-0.4, -0.2) is 50.4 Å². The van der Waals surface area contributed by atoms with Crippen LogP contribution in [0.3, 0.4) is 0 Å². The summed E-state index contributed by atoms with van der Waals surface area (Å²) >= 11 is 0. The first-order valence-electron chi connectivity index (χ1n) is 15.9. The molecule has 0 aliphatic heterocycles. The number of fused-ring (bicyclic) bond motifs is 3. The fraction of sp³-hybridized carbons (Fsp3) is 0.211. The molecule has 0 aliphatic rings. The van der Waals surface area contributed by atoms with Crippen molar-refractivity contribution < 1.29 is 36.2 Å². The van der Waals surface area contributed by atoms with E-state index in [-0.39, 0.29) is 25.4 Å². The van der Waals surface area contributed by atoms with Crippen LogP contribution in [0.4, 0.5) is 18.9 Å². The van der Waals surface area contributed by atoms with E-state index in [0.717, 1.165) is 33.7 Å². The van der Waals surface area contributed by atoms with Gasteiger partial charge in [0, 0.05) is 42.5 Å². The Hall–Kier alpha value is -5.04. The first-order chi connectivity index (χ1) is 23.9. The molecule has 2 N–H and O–H groups in total. The molecule has 0 spiro atoms. The normalized spacial score (nSPS) is 12.7. The molecule has 0 saturated heterocycles. The molecule has 1 aromatic heterocycles. The maximum Gasteiger partial charge on any atom is 0.573 e. The molecule has 0 bridgehead atoms. The van der Waals surface area contributed by atoms with E-state index in [1.807, 2.05) is 83.4 Å². The molecular formula is C38H36F3N3O5S. The maximum atomic E-state index is 13.0. The number of ether oxygens (including phenoxy) is 2. The summed E-state index contributed by atoms with van der Waals surface area (Å²) < 4.78 is 77.9. The van der Waals surface area contributed by atoms with Crippen LogP contribution < -0.4 is 19.1 Å². The number of sulfonamides is 1. The average Bonchev–Trinajstić information content (AvgIpc) is 3.38. The third-order valence-corrected chi connectivity index (χ3v) is 9.37. The van der Waals surface area contributed by atoms with Gasteiger partial charge in [-0.2, -0.15) is 0 Å². The SMILES string of the molecule is CS(=O)(=O)N(Cc1ccccc1)c1cccc([C@@H](O)CNCCOc2ccc3c4ccc(OC(F)(F)F)cc4n(Cc4ccccc4)c3c2)c1. The molecule has 12 heteroatoms. The van der Waals surface area contributed by atoms with E-state index < -0.39 is 22.5 Å². The number of aliphatic hydroxyl groups excluding tert-OH is 1. The molecule has 1 atom stereocenters. The van der Waals surface area contributed by atoms with Crippen LogP contribution in [0.25, 0.3) is 21.8 Å². The third kappa shape index (κ3) is 8.57. The Bertz CT molecular complexity index is 2180. The van der Waals surface area contributed by atoms with E-state index in [4.69, 9.17) is 4.74 Å². The number of benzene rings is 5. The minimum atomic E-state index is -4.80. The van der Waals surface area contributed by atoms with Gasteiger partial charge < -0.3 is 24.5 Å². The number of nitrogens with one attached hydrogen (secondary N) is 1. The van der Waals surface area contributed by atoms with Crippen LogP contribution >= 0.6 is 0 Å². The van der Waals surface area contributed by atoms with Crippen molar-refractivity contribution in [1.29, 1.82) is 0 Å². The van der Waals surface area contributed by atoms with Gasteiger partial charge in [0.05, 0.1) is 35.6 Å². The molecule has 6 rings (SSSR count). The molecular weight excluding hydrogens is 667 g/mol. The molecule has 50 heavy (non-hydrogen) atoms. The number of anilines is 1. The predicted octanol–water partition coefficient (Wildman–Crippen LogP) is 7.41. The second-order valence-corrected chi connectivity index (χ2v) is 13.8. The Morgan fingerprint density at radius 3 is 2.06 bits per heavy atom.